The summed E-state index contributed by atoms with van der Waals surface area (Å²) in [6, 6.07) is 8.19. The van der Waals surface area contributed by atoms with Crippen LogP contribution in [0.25, 0.3) is 0 Å². The summed E-state index contributed by atoms with van der Waals surface area (Å²) in [4.78, 5) is 22.8. The van der Waals surface area contributed by atoms with Crippen LogP contribution in [0.1, 0.15) is 6.92 Å². The SMILES string of the molecule is C[C@@H]1NC(=O)N(Nc2ccccc2)C1=O. The van der Waals surface area contributed by atoms with Crippen molar-refractivity contribution in [3.8, 4) is 0 Å². The Labute approximate surface area is 87.0 Å². The second-order valence-electron chi connectivity index (χ2n) is 3.32. The van der Waals surface area contributed by atoms with Gasteiger partial charge in [0.15, 0.2) is 0 Å². The van der Waals surface area contributed by atoms with Crippen LogP contribution in [-0.4, -0.2) is 23.0 Å². The first kappa shape index (κ1) is 9.51. The summed E-state index contributed by atoms with van der Waals surface area (Å²) in [5.41, 5.74) is 3.45. The minimum absolute atomic E-state index is 0.274. The molecule has 0 saturated carbocycles. The highest BCUT2D eigenvalue weighted by Gasteiger charge is 2.35. The number of imide groups is 1. The summed E-state index contributed by atoms with van der Waals surface area (Å²) in [5.74, 6) is -0.274. The molecule has 0 bridgehead atoms. The summed E-state index contributed by atoms with van der Waals surface area (Å²) < 4.78 is 0. The number of nitrogens with one attached hydrogen (secondary N) is 2. The fourth-order valence-electron chi connectivity index (χ4n) is 1.35. The topological polar surface area (TPSA) is 61.4 Å². The predicted octanol–water partition coefficient (Wildman–Crippen LogP) is 0.954. The molecular formula is C10H11N3O2. The zero-order chi connectivity index (χ0) is 10.8. The molecule has 1 aliphatic rings. The zero-order valence-electron chi connectivity index (χ0n) is 8.23. The van der Waals surface area contributed by atoms with Gasteiger partial charge in [0.2, 0.25) is 0 Å². The number of hydrogen-bond donors (Lipinski definition) is 2. The van der Waals surface area contributed by atoms with Crippen LogP contribution in [0.4, 0.5) is 10.5 Å². The van der Waals surface area contributed by atoms with Gasteiger partial charge in [-0.3, -0.25) is 10.2 Å². The van der Waals surface area contributed by atoms with E-state index in [9.17, 15) is 9.59 Å². The molecule has 1 atom stereocenters. The molecule has 1 fully saturated rings. The zero-order valence-corrected chi connectivity index (χ0v) is 8.23. The molecule has 78 valence electrons. The molecule has 3 amide bonds. The number of rotatable bonds is 2. The Hall–Kier alpha value is -2.04. The van der Waals surface area contributed by atoms with E-state index >= 15 is 0 Å². The maximum Gasteiger partial charge on any atom is 0.344 e. The van der Waals surface area contributed by atoms with E-state index in [2.05, 4.69) is 10.7 Å². The van der Waals surface area contributed by atoms with Crippen molar-refractivity contribution in [1.29, 1.82) is 0 Å². The van der Waals surface area contributed by atoms with Gasteiger partial charge in [0.1, 0.15) is 6.04 Å². The van der Waals surface area contributed by atoms with Crippen LogP contribution in [0.5, 0.6) is 0 Å². The minimum atomic E-state index is -0.464. The molecule has 1 aromatic carbocycles. The van der Waals surface area contributed by atoms with Gasteiger partial charge in [-0.2, -0.15) is 5.01 Å². The van der Waals surface area contributed by atoms with Crippen molar-refractivity contribution in [1.82, 2.24) is 10.3 Å². The Bertz CT molecular complexity index is 391. The van der Waals surface area contributed by atoms with Gasteiger partial charge in [-0.1, -0.05) is 18.2 Å². The fraction of sp³-hybridized carbons (Fsp3) is 0.200. The molecule has 1 heterocycles. The van der Waals surface area contributed by atoms with Gasteiger partial charge < -0.3 is 5.32 Å². The highest BCUT2D eigenvalue weighted by atomic mass is 16.2. The second kappa shape index (κ2) is 3.61. The summed E-state index contributed by atoms with van der Waals surface area (Å²) >= 11 is 0. The average molecular weight is 205 g/mol. The Morgan fingerprint density at radius 3 is 2.47 bits per heavy atom. The Morgan fingerprint density at radius 2 is 1.93 bits per heavy atom. The first-order chi connectivity index (χ1) is 7.18. The largest absolute Gasteiger partial charge is 0.344 e. The van der Waals surface area contributed by atoms with Crippen molar-refractivity contribution in [2.24, 2.45) is 0 Å². The van der Waals surface area contributed by atoms with E-state index in [0.29, 0.717) is 5.69 Å². The first-order valence-electron chi connectivity index (χ1n) is 4.64. The standard InChI is InChI=1S/C10H11N3O2/c1-7-9(14)13(10(15)11-7)12-8-5-3-2-4-6-8/h2-7,12H,1H3,(H,11,15)/t7-/m0/s1. The lowest BCUT2D eigenvalue weighted by Crippen LogP contribution is -2.36. The third kappa shape index (κ3) is 1.76. The van der Waals surface area contributed by atoms with E-state index in [-0.39, 0.29) is 5.91 Å². The molecule has 2 rings (SSSR count). The van der Waals surface area contributed by atoms with Crippen molar-refractivity contribution >= 4 is 17.6 Å². The molecule has 1 aromatic rings. The lowest BCUT2D eigenvalue weighted by Gasteiger charge is -2.14. The molecule has 0 spiro atoms. The van der Waals surface area contributed by atoms with E-state index in [4.69, 9.17) is 0 Å². The van der Waals surface area contributed by atoms with Crippen LogP contribution in [0.3, 0.4) is 0 Å². The third-order valence-electron chi connectivity index (χ3n) is 2.15. The molecule has 0 radical (unpaired) electrons. The molecule has 15 heavy (non-hydrogen) atoms. The van der Waals surface area contributed by atoms with Gasteiger partial charge in [0.05, 0.1) is 5.69 Å². The van der Waals surface area contributed by atoms with Crippen molar-refractivity contribution < 1.29 is 9.59 Å². The molecule has 5 heteroatoms. The van der Waals surface area contributed by atoms with E-state index in [1.54, 1.807) is 19.1 Å². The van der Waals surface area contributed by atoms with Crippen LogP contribution in [0, 0.1) is 0 Å². The Morgan fingerprint density at radius 1 is 1.27 bits per heavy atom. The number of hydrogen-bond acceptors (Lipinski definition) is 3. The lowest BCUT2D eigenvalue weighted by atomic mass is 10.3. The van der Waals surface area contributed by atoms with Gasteiger partial charge in [0.25, 0.3) is 5.91 Å². The molecule has 1 saturated heterocycles. The lowest BCUT2D eigenvalue weighted by molar-refractivity contribution is -0.126. The smallest absolute Gasteiger partial charge is 0.325 e. The molecule has 0 aromatic heterocycles. The maximum atomic E-state index is 11.5. The van der Waals surface area contributed by atoms with Crippen molar-refractivity contribution in [3.05, 3.63) is 30.3 Å². The molecule has 5 nitrogen and oxygen atoms in total. The van der Waals surface area contributed by atoms with Crippen molar-refractivity contribution in [2.45, 2.75) is 13.0 Å². The van der Waals surface area contributed by atoms with Crippen LogP contribution >= 0.6 is 0 Å². The van der Waals surface area contributed by atoms with Crippen LogP contribution < -0.4 is 10.7 Å². The Balaban J connectivity index is 2.13. The van der Waals surface area contributed by atoms with Gasteiger partial charge in [-0.25, -0.2) is 4.79 Å². The van der Waals surface area contributed by atoms with Crippen molar-refractivity contribution in [2.75, 3.05) is 5.43 Å². The second-order valence-corrected chi connectivity index (χ2v) is 3.32. The quantitative estimate of drug-likeness (QED) is 0.707. The molecular weight excluding hydrogens is 194 g/mol. The minimum Gasteiger partial charge on any atom is -0.325 e. The van der Waals surface area contributed by atoms with Gasteiger partial charge in [-0.15, -0.1) is 0 Å². The summed E-state index contributed by atoms with van der Waals surface area (Å²) in [6.45, 7) is 1.65. The van der Waals surface area contributed by atoms with Gasteiger partial charge in [-0.05, 0) is 19.1 Å². The average Bonchev–Trinajstić information content (AvgIpc) is 2.47. The number of anilines is 1. The maximum absolute atomic E-state index is 11.5. The third-order valence-corrected chi connectivity index (χ3v) is 2.15. The number of amides is 3. The molecule has 0 aliphatic carbocycles. The molecule has 2 N–H and O–H groups in total. The number of urea groups is 1. The highest BCUT2D eigenvalue weighted by Crippen LogP contribution is 2.11. The van der Waals surface area contributed by atoms with Crippen LogP contribution in [0.15, 0.2) is 30.3 Å². The highest BCUT2D eigenvalue weighted by molar-refractivity contribution is 6.04. The number of hydrazine groups is 1. The van der Waals surface area contributed by atoms with E-state index in [1.165, 1.54) is 0 Å². The van der Waals surface area contributed by atoms with Gasteiger partial charge >= 0.3 is 6.03 Å². The fourth-order valence-corrected chi connectivity index (χ4v) is 1.35. The predicted molar refractivity (Wildman–Crippen MR) is 54.9 cm³/mol. The number of para-hydroxylation sites is 1. The van der Waals surface area contributed by atoms with E-state index in [1.807, 2.05) is 18.2 Å². The Kier molecular flexibility index (Phi) is 2.29. The number of carbonyl (C=O) groups excluding carboxylic acids is 2. The van der Waals surface area contributed by atoms with E-state index < -0.39 is 12.1 Å². The molecule has 1 aliphatic heterocycles. The van der Waals surface area contributed by atoms with Crippen LogP contribution in [-0.2, 0) is 4.79 Å². The summed E-state index contributed by atoms with van der Waals surface area (Å²) in [6.07, 6.45) is 0. The normalized spacial score (nSPS) is 20.3. The number of carbonyl (C=O) groups is 2. The summed E-state index contributed by atoms with van der Waals surface area (Å²) in [7, 11) is 0. The van der Waals surface area contributed by atoms with Crippen molar-refractivity contribution in [3.63, 3.8) is 0 Å². The van der Waals surface area contributed by atoms with Crippen LogP contribution in [0.2, 0.25) is 0 Å². The van der Waals surface area contributed by atoms with Gasteiger partial charge in [0, 0.05) is 0 Å². The first-order valence-corrected chi connectivity index (χ1v) is 4.64. The summed E-state index contributed by atoms with van der Waals surface area (Å²) in [5, 5.41) is 3.50. The number of benzene rings is 1. The van der Waals surface area contributed by atoms with E-state index in [0.717, 1.165) is 5.01 Å². The monoisotopic (exact) mass is 205 g/mol. The number of nitrogens with zero attached hydrogens (tertiary/aromatic N) is 1. The molecule has 0 unspecified atom stereocenters.